The van der Waals surface area contributed by atoms with Crippen LogP contribution in [0.3, 0.4) is 0 Å². The second-order valence-corrected chi connectivity index (χ2v) is 9.61. The molecule has 36 heavy (non-hydrogen) atoms. The molecule has 0 unspecified atom stereocenters. The van der Waals surface area contributed by atoms with Crippen LogP contribution in [0.4, 0.5) is 0 Å². The van der Waals surface area contributed by atoms with Crippen LogP contribution in [0.2, 0.25) is 0 Å². The third-order valence-electron chi connectivity index (χ3n) is 7.49. The van der Waals surface area contributed by atoms with Gasteiger partial charge in [0.1, 0.15) is 11.2 Å². The number of benzene rings is 3. The van der Waals surface area contributed by atoms with Gasteiger partial charge in [0, 0.05) is 45.0 Å². The molecule has 1 N–H and O–H groups in total. The van der Waals surface area contributed by atoms with Crippen LogP contribution in [-0.4, -0.2) is 24.3 Å². The number of nitrogens with zero attached hydrogens (tertiary/aromatic N) is 4. The second-order valence-electron chi connectivity index (χ2n) is 9.61. The van der Waals surface area contributed by atoms with Gasteiger partial charge in [0.05, 0.1) is 11.7 Å². The minimum absolute atomic E-state index is 0.856. The Kier molecular flexibility index (Phi) is 3.74. The van der Waals surface area contributed by atoms with Crippen LogP contribution in [0.15, 0.2) is 85.3 Å². The number of imidazole rings is 1. The number of aryl methyl sites for hydroxylation is 2. The smallest absolute Gasteiger partial charge is 0.165 e. The molecule has 0 spiro atoms. The molecule has 0 fully saturated rings. The summed E-state index contributed by atoms with van der Waals surface area (Å²) < 4.78 is 2.14. The van der Waals surface area contributed by atoms with E-state index in [1.807, 2.05) is 30.7 Å². The molecule has 0 aliphatic carbocycles. The molecular formula is C31H21N5. The number of nitrogens with one attached hydrogen (secondary N) is 1. The SMILES string of the molecule is Cc1cc2c(cc1-c1cc3c4ccncc4n4c5ncccc5nc4c3cc1C)[nH]c1ccccc12. The van der Waals surface area contributed by atoms with E-state index in [4.69, 9.17) is 4.98 Å². The summed E-state index contributed by atoms with van der Waals surface area (Å²) in [5, 5.41) is 5.96. The Bertz CT molecular complexity index is 2180. The predicted octanol–water partition coefficient (Wildman–Crippen LogP) is 7.50. The molecule has 0 radical (unpaired) electrons. The van der Waals surface area contributed by atoms with Crippen molar-refractivity contribution in [3.8, 4) is 11.1 Å². The van der Waals surface area contributed by atoms with Gasteiger partial charge >= 0.3 is 0 Å². The van der Waals surface area contributed by atoms with E-state index in [2.05, 4.69) is 87.8 Å². The van der Waals surface area contributed by atoms with Crippen molar-refractivity contribution >= 4 is 60.3 Å². The van der Waals surface area contributed by atoms with E-state index in [9.17, 15) is 0 Å². The quantitative estimate of drug-likeness (QED) is 0.256. The second kappa shape index (κ2) is 6.89. The molecule has 0 aliphatic heterocycles. The van der Waals surface area contributed by atoms with Gasteiger partial charge in [-0.25, -0.2) is 9.97 Å². The van der Waals surface area contributed by atoms with E-state index in [1.54, 1.807) is 0 Å². The molecule has 0 aliphatic rings. The highest BCUT2D eigenvalue weighted by atomic mass is 15.1. The van der Waals surface area contributed by atoms with Gasteiger partial charge in [0.15, 0.2) is 5.65 Å². The maximum atomic E-state index is 4.99. The zero-order chi connectivity index (χ0) is 24.0. The average Bonchev–Trinajstić information content (AvgIpc) is 3.47. The van der Waals surface area contributed by atoms with Crippen molar-refractivity contribution in [3.05, 3.63) is 96.4 Å². The average molecular weight is 464 g/mol. The minimum atomic E-state index is 0.856. The highest BCUT2D eigenvalue weighted by Gasteiger charge is 2.17. The van der Waals surface area contributed by atoms with Crippen molar-refractivity contribution in [2.45, 2.75) is 13.8 Å². The summed E-state index contributed by atoms with van der Waals surface area (Å²) in [6, 6.07) is 23.8. The van der Waals surface area contributed by atoms with Gasteiger partial charge < -0.3 is 4.98 Å². The number of para-hydroxylation sites is 1. The zero-order valence-corrected chi connectivity index (χ0v) is 19.9. The van der Waals surface area contributed by atoms with Crippen LogP contribution in [0.5, 0.6) is 0 Å². The summed E-state index contributed by atoms with van der Waals surface area (Å²) in [4.78, 5) is 17.7. The van der Waals surface area contributed by atoms with Crippen molar-refractivity contribution in [3.63, 3.8) is 0 Å². The molecule has 5 heterocycles. The van der Waals surface area contributed by atoms with Crippen LogP contribution in [0, 0.1) is 13.8 Å². The van der Waals surface area contributed by atoms with Crippen molar-refractivity contribution < 1.29 is 0 Å². The molecule has 0 saturated carbocycles. The summed E-state index contributed by atoms with van der Waals surface area (Å²) in [5.74, 6) is 0. The maximum Gasteiger partial charge on any atom is 0.165 e. The molecule has 0 atom stereocenters. The van der Waals surface area contributed by atoms with Gasteiger partial charge in [-0.15, -0.1) is 0 Å². The third-order valence-corrected chi connectivity index (χ3v) is 7.49. The van der Waals surface area contributed by atoms with Gasteiger partial charge in [-0.05, 0) is 90.0 Å². The number of fused-ring (bicyclic) bond motifs is 11. The van der Waals surface area contributed by atoms with Crippen LogP contribution in [0.1, 0.15) is 11.1 Å². The molecule has 0 bridgehead atoms. The summed E-state index contributed by atoms with van der Waals surface area (Å²) >= 11 is 0. The molecule has 170 valence electrons. The molecular weight excluding hydrogens is 442 g/mol. The maximum absolute atomic E-state index is 4.99. The number of aromatic amines is 1. The highest BCUT2D eigenvalue weighted by Crippen LogP contribution is 2.38. The first-order valence-corrected chi connectivity index (χ1v) is 12.1. The van der Waals surface area contributed by atoms with Crippen LogP contribution in [0.25, 0.3) is 71.4 Å². The molecule has 8 aromatic rings. The normalized spacial score (nSPS) is 12.2. The van der Waals surface area contributed by atoms with E-state index in [0.717, 1.165) is 38.6 Å². The first-order valence-electron chi connectivity index (χ1n) is 12.1. The number of rotatable bonds is 1. The number of pyridine rings is 3. The zero-order valence-electron chi connectivity index (χ0n) is 19.9. The van der Waals surface area contributed by atoms with Gasteiger partial charge in [0.25, 0.3) is 0 Å². The number of hydrogen-bond acceptors (Lipinski definition) is 3. The molecule has 5 heteroatoms. The third kappa shape index (κ3) is 2.52. The lowest BCUT2D eigenvalue weighted by Gasteiger charge is -2.14. The number of H-pyrrole nitrogens is 1. The van der Waals surface area contributed by atoms with Crippen molar-refractivity contribution in [1.29, 1.82) is 0 Å². The molecule has 0 saturated heterocycles. The Morgan fingerprint density at radius 2 is 1.50 bits per heavy atom. The minimum Gasteiger partial charge on any atom is -0.354 e. The topological polar surface area (TPSA) is 58.9 Å². The lowest BCUT2D eigenvalue weighted by atomic mass is 9.92. The van der Waals surface area contributed by atoms with Crippen LogP contribution >= 0.6 is 0 Å². The Labute approximate surface area is 206 Å². The summed E-state index contributed by atoms with van der Waals surface area (Å²) in [7, 11) is 0. The largest absolute Gasteiger partial charge is 0.354 e. The lowest BCUT2D eigenvalue weighted by Crippen LogP contribution is -1.95. The molecule has 8 rings (SSSR count). The fourth-order valence-corrected chi connectivity index (χ4v) is 5.82. The van der Waals surface area contributed by atoms with E-state index in [-0.39, 0.29) is 0 Å². The van der Waals surface area contributed by atoms with E-state index >= 15 is 0 Å². The molecule has 5 nitrogen and oxygen atoms in total. The first kappa shape index (κ1) is 19.5. The lowest BCUT2D eigenvalue weighted by molar-refractivity contribution is 1.23. The van der Waals surface area contributed by atoms with E-state index in [0.29, 0.717) is 0 Å². The standard InChI is InChI=1S/C31H21N5/c1-17-12-24-19-6-3-4-7-26(19)34-28(24)15-22(17)21-14-23-20-9-11-32-16-29(20)36-30(25(23)13-18(21)2)35-27-8-5-10-33-31(27)36/h3-16,34H,1-2H3. The molecule has 5 aromatic heterocycles. The monoisotopic (exact) mass is 463 g/mol. The summed E-state index contributed by atoms with van der Waals surface area (Å²) in [6.45, 7) is 4.40. The number of aromatic nitrogens is 5. The van der Waals surface area contributed by atoms with Crippen LogP contribution < -0.4 is 0 Å². The highest BCUT2D eigenvalue weighted by molar-refractivity contribution is 6.15. The van der Waals surface area contributed by atoms with Gasteiger partial charge in [-0.3, -0.25) is 9.38 Å². The van der Waals surface area contributed by atoms with Crippen molar-refractivity contribution in [2.75, 3.05) is 0 Å². The van der Waals surface area contributed by atoms with Crippen molar-refractivity contribution in [2.24, 2.45) is 0 Å². The van der Waals surface area contributed by atoms with E-state index < -0.39 is 0 Å². The first-order chi connectivity index (χ1) is 17.7. The van der Waals surface area contributed by atoms with Crippen molar-refractivity contribution in [1.82, 2.24) is 24.3 Å². The summed E-state index contributed by atoms with van der Waals surface area (Å²) in [5.41, 5.74) is 10.9. The van der Waals surface area contributed by atoms with Gasteiger partial charge in [-0.1, -0.05) is 18.2 Å². The fraction of sp³-hybridized carbons (Fsp3) is 0.0645. The predicted molar refractivity (Wildman–Crippen MR) is 148 cm³/mol. The Morgan fingerprint density at radius 3 is 2.42 bits per heavy atom. The summed E-state index contributed by atoms with van der Waals surface area (Å²) in [6.07, 6.45) is 5.60. The number of hydrogen-bond donors (Lipinski definition) is 1. The molecule has 3 aromatic carbocycles. The van der Waals surface area contributed by atoms with Crippen LogP contribution in [-0.2, 0) is 0 Å². The molecule has 0 amide bonds. The van der Waals surface area contributed by atoms with Gasteiger partial charge in [-0.2, -0.15) is 0 Å². The van der Waals surface area contributed by atoms with E-state index in [1.165, 1.54) is 43.9 Å². The van der Waals surface area contributed by atoms with Gasteiger partial charge in [0.2, 0.25) is 0 Å². The Morgan fingerprint density at radius 1 is 0.667 bits per heavy atom. The Hall–Kier alpha value is -4.77. The fourth-order valence-electron chi connectivity index (χ4n) is 5.82. The Balaban J connectivity index is 1.49.